The molecule has 1 aliphatic heterocycles. The molecule has 5 nitrogen and oxygen atoms in total. The summed E-state index contributed by atoms with van der Waals surface area (Å²) < 4.78 is 3.91. The van der Waals surface area contributed by atoms with Crippen LogP contribution in [0, 0.1) is 19.8 Å². The Bertz CT molecular complexity index is 1130. The number of pyridine rings is 1. The summed E-state index contributed by atoms with van der Waals surface area (Å²) in [5, 5.41) is 10.8. The molecule has 0 radical (unpaired) electrons. The van der Waals surface area contributed by atoms with Crippen LogP contribution in [0.25, 0.3) is 16.7 Å². The van der Waals surface area contributed by atoms with Gasteiger partial charge >= 0.3 is 5.97 Å². The molecule has 1 aliphatic rings. The molecule has 0 saturated carbocycles. The van der Waals surface area contributed by atoms with E-state index in [-0.39, 0.29) is 6.42 Å². The molecule has 1 fully saturated rings. The molecule has 1 N–H and O–H groups in total. The Morgan fingerprint density at radius 3 is 2.45 bits per heavy atom. The number of aryl methyl sites for hydroxylation is 2. The van der Waals surface area contributed by atoms with Crippen molar-refractivity contribution in [1.82, 2.24) is 9.55 Å². The van der Waals surface area contributed by atoms with Crippen molar-refractivity contribution in [3.8, 4) is 5.69 Å². The second-order valence-electron chi connectivity index (χ2n) is 8.24. The summed E-state index contributed by atoms with van der Waals surface area (Å²) in [5.41, 5.74) is 5.23. The predicted octanol–water partition coefficient (Wildman–Crippen LogP) is 6.90. The SMILES string of the molecule is Cc1cc(N2CCC(CCC(=O)O)CC2)c2c(C)cn(-c3c(Br)cc(Cl)cc3Br)c2n1. The van der Waals surface area contributed by atoms with E-state index in [2.05, 4.69) is 60.5 Å². The van der Waals surface area contributed by atoms with Gasteiger partial charge in [0, 0.05) is 56.4 Å². The number of anilines is 1. The average molecular weight is 570 g/mol. The molecule has 3 heterocycles. The van der Waals surface area contributed by atoms with Crippen LogP contribution in [0.1, 0.15) is 36.9 Å². The van der Waals surface area contributed by atoms with Crippen LogP contribution < -0.4 is 4.90 Å². The molecule has 0 bridgehead atoms. The molecule has 0 unspecified atom stereocenters. The van der Waals surface area contributed by atoms with Crippen LogP contribution in [0.4, 0.5) is 5.69 Å². The van der Waals surface area contributed by atoms with E-state index in [0.29, 0.717) is 10.9 Å². The Kier molecular flexibility index (Phi) is 6.65. The molecule has 0 amide bonds. The minimum absolute atomic E-state index is 0.260. The molecule has 1 saturated heterocycles. The Morgan fingerprint density at radius 2 is 1.84 bits per heavy atom. The molecule has 3 aromatic rings. The Labute approximate surface area is 203 Å². The number of aromatic nitrogens is 2. The second-order valence-corrected chi connectivity index (χ2v) is 10.4. The van der Waals surface area contributed by atoms with Crippen molar-refractivity contribution in [3.63, 3.8) is 0 Å². The zero-order chi connectivity index (χ0) is 22.3. The molecule has 0 aliphatic carbocycles. The van der Waals surface area contributed by atoms with E-state index in [9.17, 15) is 4.79 Å². The van der Waals surface area contributed by atoms with E-state index in [1.165, 1.54) is 11.3 Å². The van der Waals surface area contributed by atoms with Gasteiger partial charge in [0.15, 0.2) is 0 Å². The molecule has 2 aromatic heterocycles. The fourth-order valence-corrected chi connectivity index (χ4v) is 6.54. The quantitative estimate of drug-likeness (QED) is 0.363. The number of fused-ring (bicyclic) bond motifs is 1. The van der Waals surface area contributed by atoms with Gasteiger partial charge in [0.1, 0.15) is 5.65 Å². The van der Waals surface area contributed by atoms with Gasteiger partial charge in [0.05, 0.1) is 5.69 Å². The van der Waals surface area contributed by atoms with Crippen LogP contribution in [-0.2, 0) is 4.79 Å². The van der Waals surface area contributed by atoms with Gasteiger partial charge < -0.3 is 10.0 Å². The highest BCUT2D eigenvalue weighted by atomic mass is 79.9. The third-order valence-corrected chi connectivity index (χ3v) is 7.42. The summed E-state index contributed by atoms with van der Waals surface area (Å²) in [6.45, 7) is 6.02. The minimum atomic E-state index is -0.703. The van der Waals surface area contributed by atoms with Crippen LogP contribution in [0.15, 0.2) is 33.3 Å². The van der Waals surface area contributed by atoms with Gasteiger partial charge in [0.2, 0.25) is 0 Å². The summed E-state index contributed by atoms with van der Waals surface area (Å²) >= 11 is 13.5. The number of piperidine rings is 1. The lowest BCUT2D eigenvalue weighted by molar-refractivity contribution is -0.137. The van der Waals surface area contributed by atoms with Crippen molar-refractivity contribution in [3.05, 3.63) is 49.6 Å². The van der Waals surface area contributed by atoms with E-state index >= 15 is 0 Å². The van der Waals surface area contributed by atoms with E-state index in [1.54, 1.807) is 0 Å². The molecule has 1 aromatic carbocycles. The number of hydrogen-bond donors (Lipinski definition) is 1. The Morgan fingerprint density at radius 1 is 1.19 bits per heavy atom. The first-order valence-electron chi connectivity index (χ1n) is 10.4. The predicted molar refractivity (Wildman–Crippen MR) is 133 cm³/mol. The lowest BCUT2D eigenvalue weighted by atomic mass is 9.91. The molecular weight excluding hydrogens is 546 g/mol. The highest BCUT2D eigenvalue weighted by molar-refractivity contribution is 9.11. The molecule has 0 spiro atoms. The smallest absolute Gasteiger partial charge is 0.303 e. The van der Waals surface area contributed by atoms with E-state index < -0.39 is 5.97 Å². The first kappa shape index (κ1) is 22.6. The summed E-state index contributed by atoms with van der Waals surface area (Å²) in [6.07, 6.45) is 5.19. The topological polar surface area (TPSA) is 58.4 Å². The lowest BCUT2D eigenvalue weighted by Crippen LogP contribution is -2.34. The number of carbonyl (C=O) groups is 1. The first-order valence-corrected chi connectivity index (χ1v) is 12.3. The Balaban J connectivity index is 1.72. The van der Waals surface area contributed by atoms with E-state index in [4.69, 9.17) is 21.7 Å². The van der Waals surface area contributed by atoms with E-state index in [1.807, 2.05) is 19.1 Å². The minimum Gasteiger partial charge on any atom is -0.481 e. The Hall–Kier alpha value is -1.57. The number of hydrogen-bond acceptors (Lipinski definition) is 3. The first-order chi connectivity index (χ1) is 14.7. The number of halogens is 3. The van der Waals surface area contributed by atoms with Crippen LogP contribution in [-0.4, -0.2) is 33.7 Å². The number of carboxylic acids is 1. The summed E-state index contributed by atoms with van der Waals surface area (Å²) in [6, 6.07) is 5.95. The van der Waals surface area contributed by atoms with Gasteiger partial charge in [-0.25, -0.2) is 4.98 Å². The molecule has 0 atom stereocenters. The fraction of sp³-hybridized carbons (Fsp3) is 0.391. The standard InChI is InChI=1S/C23H24Br2ClN3O2/c1-13-12-29(22-17(24)10-16(26)11-18(22)25)23-21(13)19(9-14(2)27-23)28-7-5-15(6-8-28)3-4-20(30)31/h9-12,15H,3-8H2,1-2H3,(H,30,31). The highest BCUT2D eigenvalue weighted by Gasteiger charge is 2.24. The second kappa shape index (κ2) is 9.12. The maximum atomic E-state index is 10.9. The van der Waals surface area contributed by atoms with Gasteiger partial charge in [-0.1, -0.05) is 11.6 Å². The van der Waals surface area contributed by atoms with Crippen molar-refractivity contribution in [1.29, 1.82) is 0 Å². The lowest BCUT2D eigenvalue weighted by Gasteiger charge is -2.34. The van der Waals surface area contributed by atoms with Gasteiger partial charge in [-0.2, -0.15) is 0 Å². The van der Waals surface area contributed by atoms with Crippen molar-refractivity contribution in [2.75, 3.05) is 18.0 Å². The largest absolute Gasteiger partial charge is 0.481 e. The maximum absolute atomic E-state index is 10.9. The number of nitrogens with zero attached hydrogens (tertiary/aromatic N) is 3. The summed E-state index contributed by atoms with van der Waals surface area (Å²) in [7, 11) is 0. The summed E-state index contributed by atoms with van der Waals surface area (Å²) in [5.74, 6) is -0.220. The van der Waals surface area contributed by atoms with Crippen molar-refractivity contribution < 1.29 is 9.90 Å². The molecule has 31 heavy (non-hydrogen) atoms. The van der Waals surface area contributed by atoms with Gasteiger partial charge in [0.25, 0.3) is 0 Å². The zero-order valence-electron chi connectivity index (χ0n) is 17.5. The third kappa shape index (κ3) is 4.64. The van der Waals surface area contributed by atoms with Crippen LogP contribution in [0.5, 0.6) is 0 Å². The number of carboxylic acid groups (broad SMARTS) is 1. The molecule has 4 rings (SSSR count). The van der Waals surface area contributed by atoms with Gasteiger partial charge in [-0.15, -0.1) is 0 Å². The van der Waals surface area contributed by atoms with Gasteiger partial charge in [-0.05, 0) is 94.7 Å². The number of benzene rings is 1. The normalized spacial score (nSPS) is 15.1. The molecule has 164 valence electrons. The van der Waals surface area contributed by atoms with Crippen molar-refractivity contribution >= 4 is 66.2 Å². The molecule has 8 heteroatoms. The van der Waals surface area contributed by atoms with E-state index in [0.717, 1.165) is 63.7 Å². The number of aliphatic carboxylic acids is 1. The van der Waals surface area contributed by atoms with Crippen LogP contribution >= 0.6 is 43.5 Å². The maximum Gasteiger partial charge on any atom is 0.303 e. The average Bonchev–Trinajstić information content (AvgIpc) is 3.01. The number of rotatable bonds is 5. The van der Waals surface area contributed by atoms with Gasteiger partial charge in [-0.3, -0.25) is 9.36 Å². The zero-order valence-corrected chi connectivity index (χ0v) is 21.4. The highest BCUT2D eigenvalue weighted by Crippen LogP contribution is 2.39. The third-order valence-electron chi connectivity index (χ3n) is 6.00. The summed E-state index contributed by atoms with van der Waals surface area (Å²) in [4.78, 5) is 18.2. The van der Waals surface area contributed by atoms with Crippen molar-refractivity contribution in [2.24, 2.45) is 5.92 Å². The fourth-order valence-electron chi connectivity index (χ4n) is 4.49. The van der Waals surface area contributed by atoms with Crippen molar-refractivity contribution in [2.45, 2.75) is 39.5 Å². The molecular formula is C23H24Br2ClN3O2. The monoisotopic (exact) mass is 567 g/mol. The van der Waals surface area contributed by atoms with Crippen LogP contribution in [0.2, 0.25) is 5.02 Å². The van der Waals surface area contributed by atoms with Crippen LogP contribution in [0.3, 0.4) is 0 Å².